The highest BCUT2D eigenvalue weighted by molar-refractivity contribution is 5.27. The zero-order chi connectivity index (χ0) is 25.2. The summed E-state index contributed by atoms with van der Waals surface area (Å²) in [5.41, 5.74) is 5.01. The summed E-state index contributed by atoms with van der Waals surface area (Å²) in [6.45, 7) is 19.3. The first kappa shape index (κ1) is 30.7. The fraction of sp³-hybridized carbons (Fsp3) is 0.706. The van der Waals surface area contributed by atoms with Gasteiger partial charge in [-0.2, -0.15) is 0 Å². The molecule has 2 fully saturated rings. The molecule has 2 aliphatic rings. The van der Waals surface area contributed by atoms with Gasteiger partial charge in [-0.1, -0.05) is 134 Å². The molecule has 0 heterocycles. The lowest BCUT2D eigenvalue weighted by Crippen LogP contribution is -2.33. The van der Waals surface area contributed by atoms with Crippen molar-refractivity contribution in [3.05, 3.63) is 60.2 Å². The SMILES string of the molecule is C=C(CC)CCCC(=C)CC1CCCCC1CCCC.CC.CCC1(c2ccccc2)CCC1. The fourth-order valence-electron chi connectivity index (χ4n) is 5.88. The highest BCUT2D eigenvalue weighted by Gasteiger charge is 2.36. The summed E-state index contributed by atoms with van der Waals surface area (Å²) in [5, 5.41) is 0. The smallest absolute Gasteiger partial charge is 0.00496 e. The molecule has 0 heteroatoms. The van der Waals surface area contributed by atoms with Crippen LogP contribution in [0, 0.1) is 11.8 Å². The molecule has 0 aliphatic heterocycles. The van der Waals surface area contributed by atoms with Crippen LogP contribution in [0.5, 0.6) is 0 Å². The zero-order valence-corrected chi connectivity index (χ0v) is 23.8. The van der Waals surface area contributed by atoms with Crippen LogP contribution in [0.1, 0.15) is 143 Å². The summed E-state index contributed by atoms with van der Waals surface area (Å²) in [6, 6.07) is 11.0. The standard InChI is InChI=1S/C20H36.C12H16.C2H6/c1-5-7-13-19-14-8-9-15-20(19)16-18(4)12-10-11-17(3)6-2;1-2-12(9-6-10-12)11-7-4-3-5-8-11;1-2/h19-20H,3-16H2,1-2H3;3-5,7-8H,2,6,9-10H2,1H3;1-2H3. The Labute approximate surface area is 214 Å². The molecule has 1 aromatic carbocycles. The molecule has 194 valence electrons. The summed E-state index contributed by atoms with van der Waals surface area (Å²) in [5.74, 6) is 1.93. The lowest BCUT2D eigenvalue weighted by molar-refractivity contribution is 0.217. The monoisotopic (exact) mass is 466 g/mol. The maximum absolute atomic E-state index is 4.36. The second kappa shape index (κ2) is 18.0. The molecule has 0 bridgehead atoms. The minimum absolute atomic E-state index is 0.557. The van der Waals surface area contributed by atoms with Crippen molar-refractivity contribution >= 4 is 0 Å². The van der Waals surface area contributed by atoms with Gasteiger partial charge in [-0.3, -0.25) is 0 Å². The van der Waals surface area contributed by atoms with E-state index in [0.717, 1.165) is 18.3 Å². The maximum Gasteiger partial charge on any atom is -0.00496 e. The molecule has 0 saturated heterocycles. The molecule has 0 amide bonds. The summed E-state index contributed by atoms with van der Waals surface area (Å²) >= 11 is 0. The number of benzene rings is 1. The fourth-order valence-corrected chi connectivity index (χ4v) is 5.88. The van der Waals surface area contributed by atoms with E-state index in [-0.39, 0.29) is 0 Å². The van der Waals surface area contributed by atoms with E-state index in [1.54, 1.807) is 5.56 Å². The van der Waals surface area contributed by atoms with Gasteiger partial charge in [0.1, 0.15) is 0 Å². The molecule has 2 unspecified atom stereocenters. The second-order valence-corrected chi connectivity index (χ2v) is 10.7. The van der Waals surface area contributed by atoms with E-state index >= 15 is 0 Å². The van der Waals surface area contributed by atoms with Gasteiger partial charge in [-0.05, 0) is 80.6 Å². The summed E-state index contributed by atoms with van der Waals surface area (Å²) in [7, 11) is 0. The first-order valence-electron chi connectivity index (χ1n) is 14.9. The zero-order valence-electron chi connectivity index (χ0n) is 23.8. The lowest BCUT2D eigenvalue weighted by Gasteiger charge is -2.41. The predicted molar refractivity (Wildman–Crippen MR) is 156 cm³/mol. The Balaban J connectivity index is 0.000000349. The Bertz CT molecular complexity index is 642. The van der Waals surface area contributed by atoms with Gasteiger partial charge in [0.25, 0.3) is 0 Å². The van der Waals surface area contributed by atoms with Gasteiger partial charge in [0, 0.05) is 0 Å². The van der Waals surface area contributed by atoms with E-state index in [0.29, 0.717) is 5.41 Å². The molecule has 1 aromatic rings. The van der Waals surface area contributed by atoms with Gasteiger partial charge < -0.3 is 0 Å². The predicted octanol–water partition coefficient (Wildman–Crippen LogP) is 11.6. The quantitative estimate of drug-likeness (QED) is 0.269. The average Bonchev–Trinajstić information content (AvgIpc) is 2.85. The Hall–Kier alpha value is -1.30. The molecule has 0 spiro atoms. The summed E-state index contributed by atoms with van der Waals surface area (Å²) in [4.78, 5) is 0. The first-order chi connectivity index (χ1) is 16.5. The largest absolute Gasteiger partial charge is 0.0999 e. The van der Waals surface area contributed by atoms with Crippen molar-refractivity contribution in [2.45, 2.75) is 143 Å². The number of hydrogen-bond donors (Lipinski definition) is 0. The highest BCUT2D eigenvalue weighted by atomic mass is 14.4. The Morgan fingerprint density at radius 1 is 0.824 bits per heavy atom. The summed E-state index contributed by atoms with van der Waals surface area (Å²) < 4.78 is 0. The molecule has 0 N–H and O–H groups in total. The van der Waals surface area contributed by atoms with E-state index < -0.39 is 0 Å². The normalized spacial score (nSPS) is 20.6. The van der Waals surface area contributed by atoms with Gasteiger partial charge >= 0.3 is 0 Å². The molecule has 0 nitrogen and oxygen atoms in total. The van der Waals surface area contributed by atoms with Gasteiger partial charge in [0.2, 0.25) is 0 Å². The molecule has 2 aliphatic carbocycles. The van der Waals surface area contributed by atoms with Crippen molar-refractivity contribution in [3.8, 4) is 0 Å². The van der Waals surface area contributed by atoms with E-state index in [2.05, 4.69) is 64.3 Å². The number of unbranched alkanes of at least 4 members (excludes halogenated alkanes) is 1. The third-order valence-electron chi connectivity index (χ3n) is 8.48. The minimum Gasteiger partial charge on any atom is -0.0999 e. The topological polar surface area (TPSA) is 0 Å². The minimum atomic E-state index is 0.557. The second-order valence-electron chi connectivity index (χ2n) is 10.7. The van der Waals surface area contributed by atoms with Crippen LogP contribution in [-0.4, -0.2) is 0 Å². The molecule has 0 aromatic heterocycles. The molecular formula is C34H58. The van der Waals surface area contributed by atoms with Crippen molar-refractivity contribution in [1.82, 2.24) is 0 Å². The highest BCUT2D eigenvalue weighted by Crippen LogP contribution is 2.46. The molecule has 3 rings (SSSR count). The van der Waals surface area contributed by atoms with Gasteiger partial charge in [0.15, 0.2) is 0 Å². The van der Waals surface area contributed by atoms with Crippen molar-refractivity contribution < 1.29 is 0 Å². The van der Waals surface area contributed by atoms with Crippen LogP contribution >= 0.6 is 0 Å². The molecule has 34 heavy (non-hydrogen) atoms. The van der Waals surface area contributed by atoms with E-state index in [4.69, 9.17) is 0 Å². The number of hydrogen-bond acceptors (Lipinski definition) is 0. The van der Waals surface area contributed by atoms with E-state index in [9.17, 15) is 0 Å². The van der Waals surface area contributed by atoms with E-state index in [1.807, 2.05) is 13.8 Å². The summed E-state index contributed by atoms with van der Waals surface area (Å²) in [6.07, 6.45) is 21.7. The van der Waals surface area contributed by atoms with Crippen molar-refractivity contribution in [1.29, 1.82) is 0 Å². The number of rotatable bonds is 12. The van der Waals surface area contributed by atoms with Crippen LogP contribution in [0.3, 0.4) is 0 Å². The lowest BCUT2D eigenvalue weighted by atomic mass is 9.63. The third kappa shape index (κ3) is 10.5. The Kier molecular flexibility index (Phi) is 16.3. The Morgan fingerprint density at radius 3 is 1.97 bits per heavy atom. The maximum atomic E-state index is 4.36. The van der Waals surface area contributed by atoms with Crippen LogP contribution in [0.25, 0.3) is 0 Å². The average molecular weight is 467 g/mol. The molecule has 0 radical (unpaired) electrons. The van der Waals surface area contributed by atoms with Gasteiger partial charge in [0.05, 0.1) is 0 Å². The van der Waals surface area contributed by atoms with Crippen molar-refractivity contribution in [3.63, 3.8) is 0 Å². The van der Waals surface area contributed by atoms with Gasteiger partial charge in [-0.15, -0.1) is 0 Å². The van der Waals surface area contributed by atoms with Crippen LogP contribution in [0.2, 0.25) is 0 Å². The third-order valence-corrected chi connectivity index (χ3v) is 8.48. The number of allylic oxidation sites excluding steroid dienone is 2. The molecular weight excluding hydrogens is 408 g/mol. The van der Waals surface area contributed by atoms with E-state index in [1.165, 1.54) is 107 Å². The van der Waals surface area contributed by atoms with Crippen molar-refractivity contribution in [2.24, 2.45) is 11.8 Å². The Morgan fingerprint density at radius 2 is 1.44 bits per heavy atom. The van der Waals surface area contributed by atoms with Crippen LogP contribution in [-0.2, 0) is 5.41 Å². The van der Waals surface area contributed by atoms with Gasteiger partial charge in [-0.25, -0.2) is 0 Å². The first-order valence-corrected chi connectivity index (χ1v) is 14.9. The molecule has 2 atom stereocenters. The van der Waals surface area contributed by atoms with Crippen LogP contribution < -0.4 is 0 Å². The van der Waals surface area contributed by atoms with Crippen molar-refractivity contribution in [2.75, 3.05) is 0 Å². The van der Waals surface area contributed by atoms with Crippen LogP contribution in [0.4, 0.5) is 0 Å². The molecule has 2 saturated carbocycles. The van der Waals surface area contributed by atoms with Crippen LogP contribution in [0.15, 0.2) is 54.6 Å².